The van der Waals surface area contributed by atoms with Gasteiger partial charge in [-0.2, -0.15) is 0 Å². The Labute approximate surface area is 276 Å². The number of para-hydroxylation sites is 2. The molecule has 0 bridgehead atoms. The fraction of sp³-hybridized carbons (Fsp3) is 0.231. The van der Waals surface area contributed by atoms with Crippen molar-refractivity contribution in [1.82, 2.24) is 5.32 Å². The van der Waals surface area contributed by atoms with Crippen molar-refractivity contribution in [2.45, 2.75) is 39.4 Å². The maximum atomic E-state index is 14.5. The summed E-state index contributed by atoms with van der Waals surface area (Å²) >= 11 is 0. The molecule has 0 spiro atoms. The van der Waals surface area contributed by atoms with Crippen molar-refractivity contribution in [2.24, 2.45) is 28.5 Å². The number of anilines is 1. The number of nitrogens with one attached hydrogen (secondary N) is 1. The number of benzene rings is 4. The van der Waals surface area contributed by atoms with Crippen LogP contribution in [-0.2, 0) is 20.9 Å². The Kier molecular flexibility index (Phi) is 10.6. The number of benzodiazepines with no additional fused rings is 1. The van der Waals surface area contributed by atoms with Gasteiger partial charge in [0.15, 0.2) is 0 Å². The van der Waals surface area contributed by atoms with Crippen LogP contribution in [0.2, 0.25) is 0 Å². The van der Waals surface area contributed by atoms with E-state index < -0.39 is 35.7 Å². The first-order valence-corrected chi connectivity index (χ1v) is 15.8. The number of carbonyl (C=O) groups excluding carboxylic acids is 3. The minimum atomic E-state index is -1.26. The van der Waals surface area contributed by atoms with Gasteiger partial charge in [0.2, 0.25) is 18.0 Å². The number of fused-ring (bicyclic) bond motifs is 1. The number of amides is 3. The number of carbonyl (C=O) groups is 3. The number of aliphatic imine (C=N–C) groups is 1. The van der Waals surface area contributed by atoms with Crippen molar-refractivity contribution >= 4 is 29.1 Å². The van der Waals surface area contributed by atoms with Crippen molar-refractivity contribution in [1.29, 1.82) is 0 Å². The predicted molar refractivity (Wildman–Crippen MR) is 185 cm³/mol. The molecule has 4 aromatic rings. The van der Waals surface area contributed by atoms with E-state index in [1.54, 1.807) is 11.0 Å². The Morgan fingerprint density at radius 1 is 0.915 bits per heavy atom. The van der Waals surface area contributed by atoms with Crippen molar-refractivity contribution in [2.75, 3.05) is 4.90 Å². The molecular formula is C39H40N4O4. The standard InChI is InChI=1S/C39H40N4O4/c1-4-14-31(36(40)44)33(23-26(2)3)38(45)42-37-39(46)43(25-27-15-13-20-30(24-27)47-29-18-9-6-10-19-29)34-22-12-11-21-32(34)35(41-37)28-16-7-5-8-17-28/h4-13,15-22,24,26,31,33,37H,1,14,23,25H2,2-3H3,(H2,40,44)(H,42,45)/t31-,33+,37?/m1/s1. The summed E-state index contributed by atoms with van der Waals surface area (Å²) in [7, 11) is 0. The van der Waals surface area contributed by atoms with Crippen molar-refractivity contribution in [3.63, 3.8) is 0 Å². The van der Waals surface area contributed by atoms with Gasteiger partial charge in [0.25, 0.3) is 5.91 Å². The van der Waals surface area contributed by atoms with Gasteiger partial charge in [0, 0.05) is 11.1 Å². The highest BCUT2D eigenvalue weighted by molar-refractivity contribution is 6.20. The summed E-state index contributed by atoms with van der Waals surface area (Å²) < 4.78 is 6.07. The highest BCUT2D eigenvalue weighted by atomic mass is 16.5. The lowest BCUT2D eigenvalue weighted by Gasteiger charge is -2.28. The molecule has 240 valence electrons. The molecule has 0 fully saturated rings. The summed E-state index contributed by atoms with van der Waals surface area (Å²) in [6.45, 7) is 7.90. The summed E-state index contributed by atoms with van der Waals surface area (Å²) in [5.74, 6) is -1.56. The predicted octanol–water partition coefficient (Wildman–Crippen LogP) is 6.65. The topological polar surface area (TPSA) is 114 Å². The van der Waals surface area contributed by atoms with Crippen LogP contribution in [0.15, 0.2) is 127 Å². The molecule has 3 atom stereocenters. The summed E-state index contributed by atoms with van der Waals surface area (Å²) in [6.07, 6.45) is 0.977. The van der Waals surface area contributed by atoms with E-state index in [1.807, 2.05) is 123 Å². The van der Waals surface area contributed by atoms with Crippen molar-refractivity contribution in [3.05, 3.63) is 139 Å². The van der Waals surface area contributed by atoms with E-state index in [0.717, 1.165) is 16.7 Å². The molecule has 4 aromatic carbocycles. The molecule has 1 heterocycles. The van der Waals surface area contributed by atoms with Crippen LogP contribution >= 0.6 is 0 Å². The Hall–Kier alpha value is -5.50. The van der Waals surface area contributed by atoms with E-state index in [9.17, 15) is 14.4 Å². The van der Waals surface area contributed by atoms with Gasteiger partial charge in [-0.3, -0.25) is 14.4 Å². The molecule has 8 nitrogen and oxygen atoms in total. The van der Waals surface area contributed by atoms with Crippen LogP contribution in [0.1, 0.15) is 43.4 Å². The largest absolute Gasteiger partial charge is 0.457 e. The van der Waals surface area contributed by atoms with Crippen LogP contribution in [0.4, 0.5) is 5.69 Å². The summed E-state index contributed by atoms with van der Waals surface area (Å²) in [5.41, 5.74) is 9.37. The minimum Gasteiger partial charge on any atom is -0.457 e. The molecule has 5 rings (SSSR count). The second kappa shape index (κ2) is 15.2. The van der Waals surface area contributed by atoms with E-state index in [1.165, 1.54) is 0 Å². The maximum Gasteiger partial charge on any atom is 0.272 e. The van der Waals surface area contributed by atoms with Gasteiger partial charge in [-0.05, 0) is 54.7 Å². The first-order valence-electron chi connectivity index (χ1n) is 15.8. The summed E-state index contributed by atoms with van der Waals surface area (Å²) in [6, 6.07) is 34.2. The van der Waals surface area contributed by atoms with Gasteiger partial charge >= 0.3 is 0 Å². The lowest BCUT2D eigenvalue weighted by Crippen LogP contribution is -2.50. The highest BCUT2D eigenvalue weighted by Gasteiger charge is 2.37. The second-order valence-corrected chi connectivity index (χ2v) is 12.0. The van der Waals surface area contributed by atoms with Crippen LogP contribution in [0.25, 0.3) is 0 Å². The number of hydrogen-bond acceptors (Lipinski definition) is 5. The average Bonchev–Trinajstić information content (AvgIpc) is 3.18. The molecule has 0 aromatic heterocycles. The highest BCUT2D eigenvalue weighted by Crippen LogP contribution is 2.31. The van der Waals surface area contributed by atoms with Crippen LogP contribution in [-0.4, -0.2) is 29.6 Å². The molecule has 0 saturated heterocycles. The van der Waals surface area contributed by atoms with E-state index in [2.05, 4.69) is 11.9 Å². The third-order valence-electron chi connectivity index (χ3n) is 8.09. The Morgan fingerprint density at radius 2 is 1.57 bits per heavy atom. The van der Waals surface area contributed by atoms with Gasteiger partial charge in [-0.25, -0.2) is 4.99 Å². The monoisotopic (exact) mass is 628 g/mol. The minimum absolute atomic E-state index is 0.0942. The first kappa shape index (κ1) is 32.9. The van der Waals surface area contributed by atoms with Crippen molar-refractivity contribution < 1.29 is 19.1 Å². The molecule has 3 amide bonds. The lowest BCUT2D eigenvalue weighted by molar-refractivity contribution is -0.135. The van der Waals surface area contributed by atoms with E-state index in [-0.39, 0.29) is 18.9 Å². The Bertz CT molecular complexity index is 1750. The summed E-state index contributed by atoms with van der Waals surface area (Å²) in [4.78, 5) is 47.6. The zero-order valence-electron chi connectivity index (χ0n) is 26.7. The second-order valence-electron chi connectivity index (χ2n) is 12.0. The number of primary amides is 1. The third kappa shape index (κ3) is 8.02. The van der Waals surface area contributed by atoms with Gasteiger partial charge in [-0.1, -0.05) is 98.8 Å². The van der Waals surface area contributed by atoms with Gasteiger partial charge in [0.05, 0.1) is 29.8 Å². The molecule has 1 unspecified atom stereocenters. The fourth-order valence-electron chi connectivity index (χ4n) is 5.89. The number of hydrogen-bond donors (Lipinski definition) is 2. The number of ether oxygens (including phenoxy) is 1. The SMILES string of the molecule is C=CC[C@@H](C(N)=O)[C@H](CC(C)C)C(=O)NC1N=C(c2ccccc2)c2ccccc2N(Cc2cccc(Oc3ccccc3)c2)C1=O. The molecule has 1 aliphatic rings. The molecule has 8 heteroatoms. The quantitative estimate of drug-likeness (QED) is 0.162. The van der Waals surface area contributed by atoms with E-state index >= 15 is 0 Å². The number of allylic oxidation sites excluding steroid dienone is 1. The molecule has 3 N–H and O–H groups in total. The molecular weight excluding hydrogens is 588 g/mol. The molecule has 0 radical (unpaired) electrons. The Balaban J connectivity index is 1.55. The van der Waals surface area contributed by atoms with Crippen molar-refractivity contribution in [3.8, 4) is 11.5 Å². The fourth-order valence-corrected chi connectivity index (χ4v) is 5.89. The Morgan fingerprint density at radius 3 is 2.26 bits per heavy atom. The molecule has 1 aliphatic heterocycles. The maximum absolute atomic E-state index is 14.5. The van der Waals surface area contributed by atoms with Crippen LogP contribution < -0.4 is 20.7 Å². The van der Waals surface area contributed by atoms with Crippen LogP contribution in [0.5, 0.6) is 11.5 Å². The smallest absolute Gasteiger partial charge is 0.272 e. The molecule has 0 saturated carbocycles. The van der Waals surface area contributed by atoms with Crippen LogP contribution in [0.3, 0.4) is 0 Å². The zero-order valence-corrected chi connectivity index (χ0v) is 26.7. The van der Waals surface area contributed by atoms with E-state index in [4.69, 9.17) is 15.5 Å². The van der Waals surface area contributed by atoms with Gasteiger partial charge in [-0.15, -0.1) is 6.58 Å². The summed E-state index contributed by atoms with van der Waals surface area (Å²) in [5, 5.41) is 2.92. The zero-order chi connectivity index (χ0) is 33.3. The molecule has 47 heavy (non-hydrogen) atoms. The third-order valence-corrected chi connectivity index (χ3v) is 8.09. The number of rotatable bonds is 13. The van der Waals surface area contributed by atoms with E-state index in [0.29, 0.717) is 29.3 Å². The number of nitrogens with zero attached hydrogens (tertiary/aromatic N) is 2. The lowest BCUT2D eigenvalue weighted by atomic mass is 9.82. The normalized spacial score (nSPS) is 15.6. The van der Waals surface area contributed by atoms with Gasteiger partial charge < -0.3 is 20.7 Å². The molecule has 0 aliphatic carbocycles. The average molecular weight is 629 g/mol. The van der Waals surface area contributed by atoms with Crippen LogP contribution in [0, 0.1) is 17.8 Å². The first-order chi connectivity index (χ1) is 22.7. The number of nitrogens with two attached hydrogens (primary N) is 1. The van der Waals surface area contributed by atoms with Gasteiger partial charge in [0.1, 0.15) is 11.5 Å².